The maximum atomic E-state index is 5.74. The Bertz CT molecular complexity index is 334. The predicted molar refractivity (Wildman–Crippen MR) is 87.2 cm³/mol. The molecule has 0 spiro atoms. The number of rotatable bonds is 11. The predicted octanol–water partition coefficient (Wildman–Crippen LogP) is 4.50. The van der Waals surface area contributed by atoms with Gasteiger partial charge in [0.05, 0.1) is 6.61 Å². The van der Waals surface area contributed by atoms with Crippen LogP contribution in [0.1, 0.15) is 63.0 Å². The normalized spacial score (nSPS) is 12.6. The molecule has 0 amide bonds. The number of nitrogens with one attached hydrogen (secondary N) is 1. The molecule has 0 heterocycles. The van der Waals surface area contributed by atoms with Crippen LogP contribution in [0.3, 0.4) is 0 Å². The van der Waals surface area contributed by atoms with E-state index in [-0.39, 0.29) is 0 Å². The molecule has 114 valence electrons. The van der Waals surface area contributed by atoms with Gasteiger partial charge in [0.1, 0.15) is 0 Å². The lowest BCUT2D eigenvalue weighted by Gasteiger charge is -2.12. The second-order valence-corrected chi connectivity index (χ2v) is 5.67. The van der Waals surface area contributed by atoms with Gasteiger partial charge < -0.3 is 10.1 Å². The van der Waals surface area contributed by atoms with Gasteiger partial charge in [0.15, 0.2) is 0 Å². The molecular formula is C18H31NO. The fourth-order valence-corrected chi connectivity index (χ4v) is 2.36. The SMILES string of the molecule is CCCCCCCOCc1ccc(C(C)CNC)cc1. The summed E-state index contributed by atoms with van der Waals surface area (Å²) < 4.78 is 5.74. The van der Waals surface area contributed by atoms with E-state index in [4.69, 9.17) is 4.74 Å². The summed E-state index contributed by atoms with van der Waals surface area (Å²) in [5, 5.41) is 3.22. The van der Waals surface area contributed by atoms with Gasteiger partial charge in [0.2, 0.25) is 0 Å². The maximum Gasteiger partial charge on any atom is 0.0716 e. The minimum Gasteiger partial charge on any atom is -0.377 e. The summed E-state index contributed by atoms with van der Waals surface area (Å²) in [7, 11) is 2.00. The molecule has 0 saturated heterocycles. The number of hydrogen-bond donors (Lipinski definition) is 1. The van der Waals surface area contributed by atoms with Gasteiger partial charge in [-0.1, -0.05) is 63.8 Å². The van der Waals surface area contributed by atoms with Crippen molar-refractivity contribution in [2.24, 2.45) is 0 Å². The third-order valence-electron chi connectivity index (χ3n) is 3.72. The van der Waals surface area contributed by atoms with Gasteiger partial charge in [-0.25, -0.2) is 0 Å². The molecule has 1 rings (SSSR count). The highest BCUT2D eigenvalue weighted by Crippen LogP contribution is 2.15. The van der Waals surface area contributed by atoms with Crippen molar-refractivity contribution < 1.29 is 4.74 Å². The summed E-state index contributed by atoms with van der Waals surface area (Å²) in [5.41, 5.74) is 2.67. The molecule has 0 aliphatic carbocycles. The van der Waals surface area contributed by atoms with Gasteiger partial charge in [-0.05, 0) is 30.5 Å². The van der Waals surface area contributed by atoms with E-state index >= 15 is 0 Å². The third-order valence-corrected chi connectivity index (χ3v) is 3.72. The average molecular weight is 277 g/mol. The first-order valence-corrected chi connectivity index (χ1v) is 8.09. The fraction of sp³-hybridized carbons (Fsp3) is 0.667. The third kappa shape index (κ3) is 7.06. The Hall–Kier alpha value is -0.860. The minimum atomic E-state index is 0.563. The van der Waals surface area contributed by atoms with Crippen LogP contribution in [0, 0.1) is 0 Å². The van der Waals surface area contributed by atoms with Crippen molar-refractivity contribution in [3.63, 3.8) is 0 Å². The van der Waals surface area contributed by atoms with E-state index in [2.05, 4.69) is 43.4 Å². The first-order chi connectivity index (χ1) is 9.77. The van der Waals surface area contributed by atoms with Gasteiger partial charge in [-0.15, -0.1) is 0 Å². The Morgan fingerprint density at radius 3 is 2.40 bits per heavy atom. The zero-order valence-electron chi connectivity index (χ0n) is 13.5. The van der Waals surface area contributed by atoms with Gasteiger partial charge in [0, 0.05) is 13.2 Å². The number of benzene rings is 1. The van der Waals surface area contributed by atoms with Crippen molar-refractivity contribution in [3.8, 4) is 0 Å². The zero-order valence-corrected chi connectivity index (χ0v) is 13.5. The average Bonchev–Trinajstić information content (AvgIpc) is 2.47. The fourth-order valence-electron chi connectivity index (χ4n) is 2.36. The molecule has 20 heavy (non-hydrogen) atoms. The monoisotopic (exact) mass is 277 g/mol. The number of unbranched alkanes of at least 4 members (excludes halogenated alkanes) is 4. The van der Waals surface area contributed by atoms with E-state index in [0.717, 1.165) is 19.8 Å². The van der Waals surface area contributed by atoms with E-state index in [1.54, 1.807) is 0 Å². The Labute approximate surface area is 124 Å². The molecule has 1 aromatic carbocycles. The smallest absolute Gasteiger partial charge is 0.0716 e. The molecule has 0 fully saturated rings. The minimum absolute atomic E-state index is 0.563. The van der Waals surface area contributed by atoms with Gasteiger partial charge in [0.25, 0.3) is 0 Å². The van der Waals surface area contributed by atoms with E-state index in [1.807, 2.05) is 7.05 Å². The Morgan fingerprint density at radius 1 is 1.05 bits per heavy atom. The summed E-state index contributed by atoms with van der Waals surface area (Å²) in [4.78, 5) is 0. The van der Waals surface area contributed by atoms with E-state index in [0.29, 0.717) is 5.92 Å². The van der Waals surface area contributed by atoms with Crippen LogP contribution in [0.25, 0.3) is 0 Å². The number of ether oxygens (including phenoxy) is 1. The highest BCUT2D eigenvalue weighted by molar-refractivity contribution is 5.24. The maximum absolute atomic E-state index is 5.74. The van der Waals surface area contributed by atoms with Crippen molar-refractivity contribution in [1.29, 1.82) is 0 Å². The molecule has 1 atom stereocenters. The summed E-state index contributed by atoms with van der Waals surface area (Å²) in [6, 6.07) is 8.83. The first kappa shape index (κ1) is 17.2. The Morgan fingerprint density at radius 2 is 1.75 bits per heavy atom. The van der Waals surface area contributed by atoms with Crippen LogP contribution in [0.2, 0.25) is 0 Å². The van der Waals surface area contributed by atoms with Gasteiger partial charge >= 0.3 is 0 Å². The zero-order chi connectivity index (χ0) is 14.6. The highest BCUT2D eigenvalue weighted by Gasteiger charge is 2.03. The number of likely N-dealkylation sites (N-methyl/N-ethyl adjacent to an activating group) is 1. The highest BCUT2D eigenvalue weighted by atomic mass is 16.5. The molecule has 0 aromatic heterocycles. The summed E-state index contributed by atoms with van der Waals surface area (Å²) in [5.74, 6) is 0.563. The Balaban J connectivity index is 2.18. The molecule has 1 aromatic rings. The van der Waals surface area contributed by atoms with Crippen LogP contribution in [0.4, 0.5) is 0 Å². The molecule has 1 unspecified atom stereocenters. The van der Waals surface area contributed by atoms with E-state index in [1.165, 1.54) is 43.2 Å². The van der Waals surface area contributed by atoms with Crippen LogP contribution in [0.5, 0.6) is 0 Å². The summed E-state index contributed by atoms with van der Waals surface area (Å²) in [6.45, 7) is 7.15. The molecule has 0 saturated carbocycles. The summed E-state index contributed by atoms with van der Waals surface area (Å²) in [6.07, 6.45) is 6.49. The molecule has 2 heteroatoms. The van der Waals surface area contributed by atoms with E-state index < -0.39 is 0 Å². The largest absolute Gasteiger partial charge is 0.377 e. The quantitative estimate of drug-likeness (QED) is 0.601. The lowest BCUT2D eigenvalue weighted by atomic mass is 10.00. The van der Waals surface area contributed by atoms with Crippen LogP contribution >= 0.6 is 0 Å². The molecule has 0 radical (unpaired) electrons. The number of hydrogen-bond acceptors (Lipinski definition) is 2. The van der Waals surface area contributed by atoms with Crippen LogP contribution in [-0.2, 0) is 11.3 Å². The van der Waals surface area contributed by atoms with Crippen molar-refractivity contribution in [2.45, 2.75) is 58.5 Å². The second-order valence-electron chi connectivity index (χ2n) is 5.67. The van der Waals surface area contributed by atoms with Crippen molar-refractivity contribution in [3.05, 3.63) is 35.4 Å². The van der Waals surface area contributed by atoms with Crippen LogP contribution < -0.4 is 5.32 Å². The van der Waals surface area contributed by atoms with Crippen molar-refractivity contribution >= 4 is 0 Å². The Kier molecular flexibility index (Phi) is 9.35. The first-order valence-electron chi connectivity index (χ1n) is 8.09. The van der Waals surface area contributed by atoms with Crippen LogP contribution in [-0.4, -0.2) is 20.2 Å². The lowest BCUT2D eigenvalue weighted by Crippen LogP contribution is -2.14. The summed E-state index contributed by atoms with van der Waals surface area (Å²) >= 11 is 0. The van der Waals surface area contributed by atoms with Crippen molar-refractivity contribution in [2.75, 3.05) is 20.2 Å². The van der Waals surface area contributed by atoms with Crippen LogP contribution in [0.15, 0.2) is 24.3 Å². The molecule has 0 aliphatic heterocycles. The standard InChI is InChI=1S/C18H31NO/c1-4-5-6-7-8-13-20-15-17-9-11-18(12-10-17)16(2)14-19-3/h9-12,16,19H,4-8,13-15H2,1-3H3. The van der Waals surface area contributed by atoms with Gasteiger partial charge in [-0.3, -0.25) is 0 Å². The molecule has 1 N–H and O–H groups in total. The van der Waals surface area contributed by atoms with Crippen molar-refractivity contribution in [1.82, 2.24) is 5.32 Å². The molecule has 0 aliphatic rings. The second kappa shape index (κ2) is 10.9. The molecular weight excluding hydrogens is 246 g/mol. The molecule has 0 bridgehead atoms. The van der Waals surface area contributed by atoms with E-state index in [9.17, 15) is 0 Å². The van der Waals surface area contributed by atoms with Gasteiger partial charge in [-0.2, -0.15) is 0 Å². The lowest BCUT2D eigenvalue weighted by molar-refractivity contribution is 0.116. The molecule has 2 nitrogen and oxygen atoms in total. The topological polar surface area (TPSA) is 21.3 Å².